The van der Waals surface area contributed by atoms with E-state index in [-0.39, 0.29) is 5.02 Å². The molecule has 0 unspecified atom stereocenters. The van der Waals surface area contributed by atoms with Crippen LogP contribution in [0.5, 0.6) is 0 Å². The van der Waals surface area contributed by atoms with Gasteiger partial charge in [0, 0.05) is 28.7 Å². The molecule has 19 heavy (non-hydrogen) atoms. The van der Waals surface area contributed by atoms with E-state index in [2.05, 4.69) is 4.57 Å². The van der Waals surface area contributed by atoms with Crippen LogP contribution in [0.1, 0.15) is 5.56 Å². The van der Waals surface area contributed by atoms with Crippen LogP contribution >= 0.6 is 23.2 Å². The second kappa shape index (κ2) is 4.87. The number of halogens is 3. The van der Waals surface area contributed by atoms with Crippen LogP contribution in [0.15, 0.2) is 48.7 Å². The molecule has 0 aliphatic carbocycles. The Kier molecular flexibility index (Phi) is 3.21. The lowest BCUT2D eigenvalue weighted by Crippen LogP contribution is -1.98. The molecule has 0 saturated heterocycles. The highest BCUT2D eigenvalue weighted by Gasteiger charge is 2.06. The fourth-order valence-corrected chi connectivity index (χ4v) is 2.59. The Labute approximate surface area is 120 Å². The van der Waals surface area contributed by atoms with Gasteiger partial charge in [-0.3, -0.25) is 0 Å². The standard InChI is InChI=1S/C15H10Cl2FN/c16-12-2-1-3-15-11(12)6-7-19(15)9-10-4-5-14(18)13(17)8-10/h1-8H,9H2. The van der Waals surface area contributed by atoms with Gasteiger partial charge in [0.15, 0.2) is 0 Å². The van der Waals surface area contributed by atoms with Crippen molar-refractivity contribution in [1.29, 1.82) is 0 Å². The summed E-state index contributed by atoms with van der Waals surface area (Å²) < 4.78 is 15.2. The summed E-state index contributed by atoms with van der Waals surface area (Å²) in [6.07, 6.45) is 1.97. The molecule has 1 aromatic heterocycles. The van der Waals surface area contributed by atoms with Gasteiger partial charge in [0.1, 0.15) is 5.82 Å². The van der Waals surface area contributed by atoms with Gasteiger partial charge in [-0.1, -0.05) is 35.3 Å². The molecular formula is C15H10Cl2FN. The van der Waals surface area contributed by atoms with Crippen molar-refractivity contribution in [3.8, 4) is 0 Å². The first-order valence-corrected chi connectivity index (χ1v) is 6.58. The normalized spacial score (nSPS) is 11.1. The summed E-state index contributed by atoms with van der Waals surface area (Å²) >= 11 is 11.9. The Morgan fingerprint density at radius 2 is 1.84 bits per heavy atom. The Balaban J connectivity index is 2.01. The lowest BCUT2D eigenvalue weighted by Gasteiger charge is -2.07. The van der Waals surface area contributed by atoms with Gasteiger partial charge in [0.2, 0.25) is 0 Å². The van der Waals surface area contributed by atoms with E-state index in [9.17, 15) is 4.39 Å². The van der Waals surface area contributed by atoms with Crippen LogP contribution in [-0.4, -0.2) is 4.57 Å². The monoisotopic (exact) mass is 293 g/mol. The molecule has 0 bridgehead atoms. The van der Waals surface area contributed by atoms with Gasteiger partial charge in [0.05, 0.1) is 5.02 Å². The van der Waals surface area contributed by atoms with Gasteiger partial charge in [-0.25, -0.2) is 4.39 Å². The van der Waals surface area contributed by atoms with Crippen molar-refractivity contribution < 1.29 is 4.39 Å². The molecule has 1 heterocycles. The summed E-state index contributed by atoms with van der Waals surface area (Å²) in [5.41, 5.74) is 2.00. The molecule has 0 radical (unpaired) electrons. The van der Waals surface area contributed by atoms with E-state index < -0.39 is 5.82 Å². The van der Waals surface area contributed by atoms with Crippen molar-refractivity contribution in [1.82, 2.24) is 4.57 Å². The van der Waals surface area contributed by atoms with Gasteiger partial charge in [-0.2, -0.15) is 0 Å². The van der Waals surface area contributed by atoms with Gasteiger partial charge in [-0.15, -0.1) is 0 Å². The first kappa shape index (κ1) is 12.5. The molecule has 0 atom stereocenters. The summed E-state index contributed by atoms with van der Waals surface area (Å²) in [5.74, 6) is -0.397. The smallest absolute Gasteiger partial charge is 0.141 e. The maximum Gasteiger partial charge on any atom is 0.141 e. The summed E-state index contributed by atoms with van der Waals surface area (Å²) in [4.78, 5) is 0. The maximum atomic E-state index is 13.1. The zero-order chi connectivity index (χ0) is 13.4. The molecule has 96 valence electrons. The van der Waals surface area contributed by atoms with E-state index in [0.29, 0.717) is 6.54 Å². The third kappa shape index (κ3) is 2.34. The van der Waals surface area contributed by atoms with Gasteiger partial charge in [-0.05, 0) is 35.9 Å². The summed E-state index contributed by atoms with van der Waals surface area (Å²) in [7, 11) is 0. The third-order valence-corrected chi connectivity index (χ3v) is 3.72. The van der Waals surface area contributed by atoms with Crippen molar-refractivity contribution in [2.24, 2.45) is 0 Å². The number of hydrogen-bond acceptors (Lipinski definition) is 0. The maximum absolute atomic E-state index is 13.1. The van der Waals surface area contributed by atoms with Crippen LogP contribution in [0.2, 0.25) is 10.0 Å². The predicted molar refractivity (Wildman–Crippen MR) is 77.5 cm³/mol. The van der Waals surface area contributed by atoms with Crippen LogP contribution in [0.4, 0.5) is 4.39 Å². The zero-order valence-corrected chi connectivity index (χ0v) is 11.4. The lowest BCUT2D eigenvalue weighted by molar-refractivity contribution is 0.627. The van der Waals surface area contributed by atoms with E-state index in [1.54, 1.807) is 12.1 Å². The Morgan fingerprint density at radius 1 is 1.00 bits per heavy atom. The van der Waals surface area contributed by atoms with Crippen LogP contribution in [0.25, 0.3) is 10.9 Å². The Hall–Kier alpha value is -1.51. The van der Waals surface area contributed by atoms with Gasteiger partial charge < -0.3 is 4.57 Å². The van der Waals surface area contributed by atoms with E-state index in [4.69, 9.17) is 23.2 Å². The van der Waals surface area contributed by atoms with Crippen molar-refractivity contribution in [2.45, 2.75) is 6.54 Å². The number of benzene rings is 2. The highest BCUT2D eigenvalue weighted by Crippen LogP contribution is 2.25. The molecule has 0 N–H and O–H groups in total. The number of aromatic nitrogens is 1. The fraction of sp³-hybridized carbons (Fsp3) is 0.0667. The minimum atomic E-state index is -0.397. The first-order valence-electron chi connectivity index (χ1n) is 5.82. The molecule has 0 amide bonds. The van der Waals surface area contributed by atoms with E-state index in [1.165, 1.54) is 6.07 Å². The van der Waals surface area contributed by atoms with Crippen molar-refractivity contribution >= 4 is 34.1 Å². The summed E-state index contributed by atoms with van der Waals surface area (Å²) in [6, 6.07) is 12.5. The molecule has 2 aromatic carbocycles. The highest BCUT2D eigenvalue weighted by atomic mass is 35.5. The molecule has 0 fully saturated rings. The van der Waals surface area contributed by atoms with Gasteiger partial charge >= 0.3 is 0 Å². The Morgan fingerprint density at radius 3 is 2.63 bits per heavy atom. The van der Waals surface area contributed by atoms with Crippen LogP contribution in [0.3, 0.4) is 0 Å². The minimum Gasteiger partial charge on any atom is -0.343 e. The molecule has 0 aliphatic heterocycles. The van der Waals surface area contributed by atoms with Crippen LogP contribution in [0, 0.1) is 5.82 Å². The lowest BCUT2D eigenvalue weighted by atomic mass is 10.2. The molecule has 4 heteroatoms. The van der Waals surface area contributed by atoms with Crippen molar-refractivity contribution in [3.63, 3.8) is 0 Å². The van der Waals surface area contributed by atoms with E-state index in [0.717, 1.165) is 21.5 Å². The minimum absolute atomic E-state index is 0.145. The first-order chi connectivity index (χ1) is 9.15. The predicted octanol–water partition coefficient (Wildman–Crippen LogP) is 5.14. The fourth-order valence-electron chi connectivity index (χ4n) is 2.16. The average Bonchev–Trinajstić information content (AvgIpc) is 2.79. The average molecular weight is 294 g/mol. The van der Waals surface area contributed by atoms with Crippen LogP contribution in [-0.2, 0) is 6.54 Å². The van der Waals surface area contributed by atoms with E-state index >= 15 is 0 Å². The molecule has 0 saturated carbocycles. The zero-order valence-electron chi connectivity index (χ0n) is 9.91. The van der Waals surface area contributed by atoms with Crippen LogP contribution < -0.4 is 0 Å². The molecule has 1 nitrogen and oxygen atoms in total. The van der Waals surface area contributed by atoms with Gasteiger partial charge in [0.25, 0.3) is 0 Å². The molecule has 0 aliphatic rings. The number of rotatable bonds is 2. The molecule has 3 aromatic rings. The Bertz CT molecular complexity index is 749. The topological polar surface area (TPSA) is 4.93 Å². The summed E-state index contributed by atoms with van der Waals surface area (Å²) in [6.45, 7) is 0.629. The second-order valence-electron chi connectivity index (χ2n) is 4.36. The van der Waals surface area contributed by atoms with E-state index in [1.807, 2.05) is 30.5 Å². The third-order valence-electron chi connectivity index (χ3n) is 3.10. The number of nitrogens with zero attached hydrogens (tertiary/aromatic N) is 1. The molecule has 0 spiro atoms. The number of fused-ring (bicyclic) bond motifs is 1. The quantitative estimate of drug-likeness (QED) is 0.617. The largest absolute Gasteiger partial charge is 0.343 e. The molecule has 3 rings (SSSR count). The van der Waals surface area contributed by atoms with Crippen molar-refractivity contribution in [3.05, 3.63) is 70.1 Å². The number of hydrogen-bond donors (Lipinski definition) is 0. The second-order valence-corrected chi connectivity index (χ2v) is 5.18. The summed E-state index contributed by atoms with van der Waals surface area (Å²) in [5, 5.41) is 1.89. The molecular weight excluding hydrogens is 284 g/mol. The SMILES string of the molecule is Fc1ccc(Cn2ccc3c(Cl)cccc32)cc1Cl. The van der Waals surface area contributed by atoms with Crippen molar-refractivity contribution in [2.75, 3.05) is 0 Å². The highest BCUT2D eigenvalue weighted by molar-refractivity contribution is 6.35.